The van der Waals surface area contributed by atoms with Crippen LogP contribution < -0.4 is 5.32 Å². The Morgan fingerprint density at radius 2 is 2.19 bits per heavy atom. The minimum Gasteiger partial charge on any atom is -0.478 e. The van der Waals surface area contributed by atoms with Gasteiger partial charge in [0.2, 0.25) is 0 Å². The Morgan fingerprint density at radius 1 is 1.50 bits per heavy atom. The van der Waals surface area contributed by atoms with Crippen LogP contribution in [-0.4, -0.2) is 17.1 Å². The van der Waals surface area contributed by atoms with Crippen LogP contribution in [0.1, 0.15) is 30.1 Å². The van der Waals surface area contributed by atoms with Crippen LogP contribution in [0.3, 0.4) is 0 Å². The fourth-order valence-corrected chi connectivity index (χ4v) is 2.27. The Kier molecular flexibility index (Phi) is 3.19. The molecule has 1 atom stereocenters. The first-order valence-corrected chi connectivity index (χ1v) is 6.16. The number of hydrogen-bond donors (Lipinski definition) is 2. The van der Waals surface area contributed by atoms with Crippen LogP contribution in [0.5, 0.6) is 0 Å². The second-order valence-electron chi connectivity index (χ2n) is 4.30. The molecule has 2 rings (SSSR count). The van der Waals surface area contributed by atoms with Crippen molar-refractivity contribution in [3.8, 4) is 0 Å². The van der Waals surface area contributed by atoms with E-state index >= 15 is 0 Å². The molecule has 1 aromatic carbocycles. The van der Waals surface area contributed by atoms with E-state index in [1.165, 1.54) is 12.8 Å². The zero-order chi connectivity index (χ0) is 11.7. The van der Waals surface area contributed by atoms with Crippen LogP contribution in [0.15, 0.2) is 22.7 Å². The van der Waals surface area contributed by atoms with Crippen LogP contribution in [0.4, 0.5) is 5.69 Å². The molecule has 3 nitrogen and oxygen atoms in total. The summed E-state index contributed by atoms with van der Waals surface area (Å²) in [5, 5.41) is 12.3. The third-order valence-corrected chi connectivity index (χ3v) is 3.33. The lowest BCUT2D eigenvalue weighted by molar-refractivity contribution is 0.0697. The number of halogens is 1. The van der Waals surface area contributed by atoms with E-state index in [-0.39, 0.29) is 0 Å². The van der Waals surface area contributed by atoms with E-state index in [1.807, 2.05) is 6.07 Å². The maximum Gasteiger partial charge on any atom is 0.335 e. The van der Waals surface area contributed by atoms with E-state index in [9.17, 15) is 4.79 Å². The quantitative estimate of drug-likeness (QED) is 0.891. The van der Waals surface area contributed by atoms with Gasteiger partial charge in [0.15, 0.2) is 0 Å². The maximum absolute atomic E-state index is 10.9. The van der Waals surface area contributed by atoms with E-state index in [2.05, 4.69) is 28.2 Å². The lowest BCUT2D eigenvalue weighted by atomic mass is 10.1. The highest BCUT2D eigenvalue weighted by atomic mass is 79.9. The smallest absolute Gasteiger partial charge is 0.335 e. The second kappa shape index (κ2) is 4.45. The first-order chi connectivity index (χ1) is 7.56. The predicted molar refractivity (Wildman–Crippen MR) is 66.9 cm³/mol. The van der Waals surface area contributed by atoms with Gasteiger partial charge in [0.1, 0.15) is 0 Å². The maximum atomic E-state index is 10.9. The number of aromatic carboxylic acids is 1. The third-order valence-electron chi connectivity index (χ3n) is 2.87. The average Bonchev–Trinajstić information content (AvgIpc) is 2.99. The minimum atomic E-state index is -0.900. The number of carboxylic acids is 1. The van der Waals surface area contributed by atoms with Crippen molar-refractivity contribution in [2.75, 3.05) is 5.32 Å². The van der Waals surface area contributed by atoms with Crippen molar-refractivity contribution in [2.24, 2.45) is 5.92 Å². The first kappa shape index (κ1) is 11.5. The van der Waals surface area contributed by atoms with Gasteiger partial charge in [-0.25, -0.2) is 4.79 Å². The summed E-state index contributed by atoms with van der Waals surface area (Å²) in [6.45, 7) is 2.14. The molecule has 0 saturated heterocycles. The Balaban J connectivity index is 2.16. The number of nitrogens with one attached hydrogen (secondary N) is 1. The van der Waals surface area contributed by atoms with Crippen molar-refractivity contribution in [3.63, 3.8) is 0 Å². The van der Waals surface area contributed by atoms with Gasteiger partial charge in [-0.1, -0.05) is 15.9 Å². The summed E-state index contributed by atoms with van der Waals surface area (Å²) in [6, 6.07) is 5.60. The molecule has 1 aromatic rings. The molecule has 0 heterocycles. The summed E-state index contributed by atoms with van der Waals surface area (Å²) in [7, 11) is 0. The largest absolute Gasteiger partial charge is 0.478 e. The molecule has 1 unspecified atom stereocenters. The molecule has 1 aliphatic carbocycles. The highest BCUT2D eigenvalue weighted by molar-refractivity contribution is 9.10. The van der Waals surface area contributed by atoms with Gasteiger partial charge in [-0.05, 0) is 43.9 Å². The molecule has 0 spiro atoms. The summed E-state index contributed by atoms with van der Waals surface area (Å²) in [5.41, 5.74) is 1.17. The van der Waals surface area contributed by atoms with Crippen molar-refractivity contribution in [1.82, 2.24) is 0 Å². The van der Waals surface area contributed by atoms with Crippen molar-refractivity contribution >= 4 is 27.6 Å². The highest BCUT2D eigenvalue weighted by Crippen LogP contribution is 2.34. The van der Waals surface area contributed by atoms with E-state index in [0.717, 1.165) is 16.1 Å². The lowest BCUT2D eigenvalue weighted by Crippen LogP contribution is -2.17. The average molecular weight is 284 g/mol. The lowest BCUT2D eigenvalue weighted by Gasteiger charge is -2.15. The molecule has 16 heavy (non-hydrogen) atoms. The third kappa shape index (κ3) is 2.76. The van der Waals surface area contributed by atoms with Gasteiger partial charge in [-0.2, -0.15) is 0 Å². The fraction of sp³-hybridized carbons (Fsp3) is 0.417. The first-order valence-electron chi connectivity index (χ1n) is 5.36. The Hall–Kier alpha value is -1.03. The van der Waals surface area contributed by atoms with Crippen LogP contribution >= 0.6 is 15.9 Å². The summed E-state index contributed by atoms with van der Waals surface area (Å²) in [6.07, 6.45) is 2.54. The predicted octanol–water partition coefficient (Wildman–Crippen LogP) is 3.36. The van der Waals surface area contributed by atoms with Gasteiger partial charge in [0.05, 0.1) is 5.56 Å². The van der Waals surface area contributed by atoms with Crippen molar-refractivity contribution in [1.29, 1.82) is 0 Å². The van der Waals surface area contributed by atoms with E-state index < -0.39 is 5.97 Å². The molecule has 0 aliphatic heterocycles. The summed E-state index contributed by atoms with van der Waals surface area (Å²) in [5.74, 6) is -0.157. The zero-order valence-corrected chi connectivity index (χ0v) is 10.6. The molecule has 1 aliphatic rings. The monoisotopic (exact) mass is 283 g/mol. The summed E-state index contributed by atoms with van der Waals surface area (Å²) in [4.78, 5) is 10.9. The van der Waals surface area contributed by atoms with Gasteiger partial charge in [0.25, 0.3) is 0 Å². The molecular formula is C12H14BrNO2. The van der Waals surface area contributed by atoms with Crippen LogP contribution in [0, 0.1) is 5.92 Å². The number of rotatable bonds is 4. The molecule has 86 valence electrons. The summed E-state index contributed by atoms with van der Waals surface area (Å²) < 4.78 is 0.790. The molecule has 0 amide bonds. The van der Waals surface area contributed by atoms with Crippen LogP contribution in [0.25, 0.3) is 0 Å². The molecular weight excluding hydrogens is 270 g/mol. The van der Waals surface area contributed by atoms with Crippen molar-refractivity contribution in [2.45, 2.75) is 25.8 Å². The van der Waals surface area contributed by atoms with Gasteiger partial charge >= 0.3 is 5.97 Å². The zero-order valence-electron chi connectivity index (χ0n) is 9.03. The standard InChI is InChI=1S/C12H14BrNO2/c1-7(8-2-3-8)14-11-5-9(12(15)16)4-10(13)6-11/h4-8,14H,2-3H2,1H3,(H,15,16). The number of carbonyl (C=O) groups is 1. The Labute approximate surface area is 103 Å². The molecule has 2 N–H and O–H groups in total. The van der Waals surface area contributed by atoms with Gasteiger partial charge < -0.3 is 10.4 Å². The van der Waals surface area contributed by atoms with Crippen LogP contribution in [0.2, 0.25) is 0 Å². The fourth-order valence-electron chi connectivity index (χ4n) is 1.77. The topological polar surface area (TPSA) is 49.3 Å². The molecule has 1 saturated carbocycles. The number of benzene rings is 1. The molecule has 0 aromatic heterocycles. The van der Waals surface area contributed by atoms with Gasteiger partial charge in [-0.3, -0.25) is 0 Å². The molecule has 0 bridgehead atoms. The minimum absolute atomic E-state index is 0.305. The number of hydrogen-bond acceptors (Lipinski definition) is 2. The molecule has 1 fully saturated rings. The van der Waals surface area contributed by atoms with Gasteiger partial charge in [0, 0.05) is 16.2 Å². The summed E-state index contributed by atoms with van der Waals surface area (Å²) >= 11 is 3.32. The van der Waals surface area contributed by atoms with Gasteiger partial charge in [-0.15, -0.1) is 0 Å². The molecule has 4 heteroatoms. The van der Waals surface area contributed by atoms with Crippen LogP contribution in [-0.2, 0) is 0 Å². The number of anilines is 1. The highest BCUT2D eigenvalue weighted by Gasteiger charge is 2.27. The normalized spacial score (nSPS) is 16.9. The van der Waals surface area contributed by atoms with E-state index in [0.29, 0.717) is 11.6 Å². The second-order valence-corrected chi connectivity index (χ2v) is 5.22. The Bertz CT molecular complexity index is 415. The Morgan fingerprint density at radius 3 is 2.75 bits per heavy atom. The van der Waals surface area contributed by atoms with E-state index in [4.69, 9.17) is 5.11 Å². The van der Waals surface area contributed by atoms with Crippen molar-refractivity contribution in [3.05, 3.63) is 28.2 Å². The molecule has 0 radical (unpaired) electrons. The van der Waals surface area contributed by atoms with E-state index in [1.54, 1.807) is 12.1 Å². The number of carboxylic acid groups (broad SMARTS) is 1. The SMILES string of the molecule is CC(Nc1cc(Br)cc(C(=O)O)c1)C1CC1. The van der Waals surface area contributed by atoms with Crippen molar-refractivity contribution < 1.29 is 9.90 Å².